The van der Waals surface area contributed by atoms with Crippen LogP contribution in [0.4, 0.5) is 0 Å². The molecule has 2 aliphatic rings. The lowest BCUT2D eigenvalue weighted by atomic mass is 10.1. The highest BCUT2D eigenvalue weighted by atomic mass is 31.2. The van der Waals surface area contributed by atoms with Crippen molar-refractivity contribution in [2.45, 2.75) is 0 Å². The van der Waals surface area contributed by atoms with E-state index in [0.29, 0.717) is 23.0 Å². The molecule has 0 atom stereocenters. The fourth-order valence-corrected chi connectivity index (χ4v) is 5.17. The Hall–Kier alpha value is -2.97. The van der Waals surface area contributed by atoms with Crippen molar-refractivity contribution in [3.63, 3.8) is 0 Å². The van der Waals surface area contributed by atoms with Crippen LogP contribution in [0.1, 0.15) is 0 Å². The maximum absolute atomic E-state index is 6.14. The fourth-order valence-electron chi connectivity index (χ4n) is 3.35. The van der Waals surface area contributed by atoms with Crippen LogP contribution in [0.15, 0.2) is 72.8 Å². The van der Waals surface area contributed by atoms with E-state index >= 15 is 0 Å². The zero-order chi connectivity index (χ0) is 16.4. The maximum Gasteiger partial charge on any atom is 0.767 e. The molecule has 2 aliphatic heterocycles. The largest absolute Gasteiger partial charge is 0.767 e. The molecule has 0 amide bonds. The molecule has 0 saturated heterocycles. The minimum atomic E-state index is -2.97. The van der Waals surface area contributed by atoms with Gasteiger partial charge in [-0.3, -0.25) is 0 Å². The first kappa shape index (κ1) is 13.3. The molecule has 120 valence electrons. The minimum absolute atomic E-state index is 0.657. The maximum atomic E-state index is 6.14. The molecule has 6 rings (SSSR count). The van der Waals surface area contributed by atoms with Crippen LogP contribution in [0.5, 0.6) is 23.0 Å². The first-order valence-corrected chi connectivity index (χ1v) is 9.48. The summed E-state index contributed by atoms with van der Waals surface area (Å²) < 4.78 is 24.4. The summed E-state index contributed by atoms with van der Waals surface area (Å²) in [6.07, 6.45) is 0. The Morgan fingerprint density at radius 2 is 0.960 bits per heavy atom. The molecule has 4 aromatic rings. The molecule has 0 radical (unpaired) electrons. The lowest BCUT2D eigenvalue weighted by Gasteiger charge is -2.04. The second-order valence-electron chi connectivity index (χ2n) is 6.04. The summed E-state index contributed by atoms with van der Waals surface area (Å²) in [6.45, 7) is 0. The highest BCUT2D eigenvalue weighted by Crippen LogP contribution is 2.73. The van der Waals surface area contributed by atoms with Gasteiger partial charge in [0.2, 0.25) is 23.0 Å². The molecule has 4 nitrogen and oxygen atoms in total. The number of fused-ring (bicyclic) bond motifs is 6. The van der Waals surface area contributed by atoms with E-state index in [0.717, 1.165) is 21.5 Å². The first-order chi connectivity index (χ1) is 12.3. The van der Waals surface area contributed by atoms with Gasteiger partial charge in [0.1, 0.15) is 0 Å². The van der Waals surface area contributed by atoms with E-state index < -0.39 is 8.17 Å². The van der Waals surface area contributed by atoms with E-state index in [1.54, 1.807) is 0 Å². The highest BCUT2D eigenvalue weighted by molar-refractivity contribution is 7.58. The zero-order valence-corrected chi connectivity index (χ0v) is 13.9. The van der Waals surface area contributed by atoms with Gasteiger partial charge in [-0.15, -0.1) is 0 Å². The van der Waals surface area contributed by atoms with Gasteiger partial charge in [0, 0.05) is 10.8 Å². The number of hydrogen-bond donors (Lipinski definition) is 0. The number of benzene rings is 4. The topological polar surface area (TPSA) is 36.9 Å². The second kappa shape index (κ2) is 4.56. The zero-order valence-electron chi connectivity index (χ0n) is 13.0. The lowest BCUT2D eigenvalue weighted by Crippen LogP contribution is -2.09. The van der Waals surface area contributed by atoms with E-state index in [9.17, 15) is 0 Å². The first-order valence-electron chi connectivity index (χ1n) is 8.02. The molecule has 0 N–H and O–H groups in total. The van der Waals surface area contributed by atoms with Crippen molar-refractivity contribution < 1.29 is 18.1 Å². The molecule has 5 heteroatoms. The Labute approximate surface area is 144 Å². The van der Waals surface area contributed by atoms with Crippen LogP contribution < -0.4 is 18.1 Å². The molecule has 0 fully saturated rings. The van der Waals surface area contributed by atoms with Crippen molar-refractivity contribution in [1.82, 2.24) is 0 Å². The molecular weight excluding hydrogens is 335 g/mol. The summed E-state index contributed by atoms with van der Waals surface area (Å²) in [5.41, 5.74) is 0. The lowest BCUT2D eigenvalue weighted by molar-refractivity contribution is 0.334. The van der Waals surface area contributed by atoms with Crippen molar-refractivity contribution in [1.29, 1.82) is 0 Å². The monoisotopic (exact) mass is 347 g/mol. The summed E-state index contributed by atoms with van der Waals surface area (Å²) in [5.74, 6) is 2.68. The standard InChI is InChI=1S/C20H12O4P/c1-3-7-15-13(5-1)9-11-17-19(15)23-25(21-17)22-18-12-10-14-6-2-4-8-16(14)20(18)24-25/h1-12H/q+1. The molecule has 0 aromatic heterocycles. The van der Waals surface area contributed by atoms with E-state index in [4.69, 9.17) is 18.1 Å². The predicted octanol–water partition coefficient (Wildman–Crippen LogP) is 5.91. The fraction of sp³-hybridized carbons (Fsp3) is 0. The van der Waals surface area contributed by atoms with Crippen LogP contribution in [-0.4, -0.2) is 0 Å². The average molecular weight is 347 g/mol. The van der Waals surface area contributed by atoms with Gasteiger partial charge in [0.15, 0.2) is 0 Å². The SMILES string of the molecule is c1ccc2c3c(ccc2c1)O[P+]1(Oc2ccc4ccccc4c2O1)O3. The molecule has 0 saturated carbocycles. The molecule has 25 heavy (non-hydrogen) atoms. The molecular formula is C20H12O4P+. The summed E-state index contributed by atoms with van der Waals surface area (Å²) in [5, 5.41) is 4.16. The summed E-state index contributed by atoms with van der Waals surface area (Å²) in [4.78, 5) is 0. The summed E-state index contributed by atoms with van der Waals surface area (Å²) in [7, 11) is -2.97. The summed E-state index contributed by atoms with van der Waals surface area (Å²) >= 11 is 0. The van der Waals surface area contributed by atoms with Gasteiger partial charge in [-0.1, -0.05) is 60.7 Å². The normalized spacial score (nSPS) is 16.0. The van der Waals surface area contributed by atoms with Crippen LogP contribution in [-0.2, 0) is 0 Å². The van der Waals surface area contributed by atoms with E-state index in [-0.39, 0.29) is 0 Å². The van der Waals surface area contributed by atoms with Crippen LogP contribution >= 0.6 is 8.17 Å². The van der Waals surface area contributed by atoms with Crippen molar-refractivity contribution in [3.8, 4) is 23.0 Å². The predicted molar refractivity (Wildman–Crippen MR) is 97.3 cm³/mol. The van der Waals surface area contributed by atoms with Crippen LogP contribution in [0, 0.1) is 0 Å². The Bertz CT molecular complexity index is 1080. The van der Waals surface area contributed by atoms with Crippen LogP contribution in [0.3, 0.4) is 0 Å². The van der Waals surface area contributed by atoms with Crippen molar-refractivity contribution in [3.05, 3.63) is 72.8 Å². The van der Waals surface area contributed by atoms with Crippen molar-refractivity contribution in [2.75, 3.05) is 0 Å². The molecule has 4 aromatic carbocycles. The summed E-state index contributed by atoms with van der Waals surface area (Å²) in [6, 6.07) is 23.9. The molecule has 0 aliphatic carbocycles. The molecule has 2 heterocycles. The molecule has 0 bridgehead atoms. The number of hydrogen-bond acceptors (Lipinski definition) is 4. The minimum Gasteiger partial charge on any atom is -0.237 e. The van der Waals surface area contributed by atoms with Gasteiger partial charge in [-0.2, -0.15) is 0 Å². The number of rotatable bonds is 0. The smallest absolute Gasteiger partial charge is 0.237 e. The van der Waals surface area contributed by atoms with Crippen LogP contribution in [0.25, 0.3) is 21.5 Å². The van der Waals surface area contributed by atoms with E-state index in [2.05, 4.69) is 0 Å². The van der Waals surface area contributed by atoms with Crippen LogP contribution in [0.2, 0.25) is 0 Å². The van der Waals surface area contributed by atoms with Gasteiger partial charge >= 0.3 is 8.17 Å². The molecule has 0 unspecified atom stereocenters. The van der Waals surface area contributed by atoms with Crippen molar-refractivity contribution >= 4 is 29.7 Å². The van der Waals surface area contributed by atoms with Gasteiger partial charge in [-0.25, -0.2) is 18.1 Å². The Morgan fingerprint density at radius 1 is 0.480 bits per heavy atom. The quantitative estimate of drug-likeness (QED) is 0.370. The van der Waals surface area contributed by atoms with Gasteiger partial charge in [-0.05, 0) is 22.9 Å². The Kier molecular flexibility index (Phi) is 2.43. The highest BCUT2D eigenvalue weighted by Gasteiger charge is 2.67. The Balaban J connectivity index is 1.48. The molecule has 1 spiro atoms. The van der Waals surface area contributed by atoms with Crippen molar-refractivity contribution in [2.24, 2.45) is 0 Å². The van der Waals surface area contributed by atoms with Gasteiger partial charge < -0.3 is 0 Å². The Morgan fingerprint density at radius 3 is 1.48 bits per heavy atom. The van der Waals surface area contributed by atoms with E-state index in [1.807, 2.05) is 72.8 Å². The third-order valence-corrected chi connectivity index (χ3v) is 6.17. The third kappa shape index (κ3) is 1.80. The van der Waals surface area contributed by atoms with Gasteiger partial charge in [0.05, 0.1) is 0 Å². The second-order valence-corrected chi connectivity index (χ2v) is 7.67. The third-order valence-electron chi connectivity index (χ3n) is 4.51. The average Bonchev–Trinajstić information content (AvgIpc) is 3.21. The van der Waals surface area contributed by atoms with E-state index in [1.165, 1.54) is 0 Å². The van der Waals surface area contributed by atoms with Gasteiger partial charge in [0.25, 0.3) is 0 Å².